The Bertz CT molecular complexity index is 1290. The van der Waals surface area contributed by atoms with Gasteiger partial charge >= 0.3 is 0 Å². The van der Waals surface area contributed by atoms with E-state index < -0.39 is 0 Å². The molecule has 2 heterocycles. The Morgan fingerprint density at radius 2 is 1.70 bits per heavy atom. The Kier molecular flexibility index (Phi) is 5.25. The van der Waals surface area contributed by atoms with Crippen molar-refractivity contribution in [2.75, 3.05) is 11.5 Å². The molecule has 0 spiro atoms. The zero-order valence-corrected chi connectivity index (χ0v) is 20.3. The maximum Gasteiger partial charge on any atom is 0.274 e. The van der Waals surface area contributed by atoms with Crippen molar-refractivity contribution in [2.45, 2.75) is 45.1 Å². The maximum atomic E-state index is 13.5. The van der Waals surface area contributed by atoms with Gasteiger partial charge in [0.05, 0.1) is 10.2 Å². The minimum absolute atomic E-state index is 0.0428. The van der Waals surface area contributed by atoms with Crippen LogP contribution in [0.2, 0.25) is 0 Å². The van der Waals surface area contributed by atoms with Crippen LogP contribution in [-0.2, 0) is 10.2 Å². The van der Waals surface area contributed by atoms with Gasteiger partial charge in [0.1, 0.15) is 0 Å². The Balaban J connectivity index is 1.47. The van der Waals surface area contributed by atoms with Crippen molar-refractivity contribution in [3.8, 4) is 5.19 Å². The van der Waals surface area contributed by atoms with Gasteiger partial charge in [0.15, 0.2) is 6.61 Å². The number of rotatable bonds is 4. The van der Waals surface area contributed by atoms with Crippen LogP contribution >= 0.6 is 11.3 Å². The second kappa shape index (κ2) is 7.99. The van der Waals surface area contributed by atoms with Gasteiger partial charge < -0.3 is 9.64 Å². The molecule has 3 aromatic carbocycles. The Labute approximate surface area is 198 Å². The van der Waals surface area contributed by atoms with Gasteiger partial charge in [-0.1, -0.05) is 78.4 Å². The molecule has 0 saturated heterocycles. The van der Waals surface area contributed by atoms with Crippen molar-refractivity contribution >= 4 is 33.1 Å². The molecule has 5 heteroatoms. The number of aromatic nitrogens is 1. The lowest BCUT2D eigenvalue weighted by Gasteiger charge is -2.51. The minimum Gasteiger partial charge on any atom is -0.460 e. The summed E-state index contributed by atoms with van der Waals surface area (Å²) in [6.45, 7) is 8.64. The summed E-state index contributed by atoms with van der Waals surface area (Å²) in [6.07, 6.45) is 0.812. The van der Waals surface area contributed by atoms with Gasteiger partial charge in [0.25, 0.3) is 11.1 Å². The highest BCUT2D eigenvalue weighted by Gasteiger charge is 2.47. The van der Waals surface area contributed by atoms with Crippen LogP contribution < -0.4 is 9.64 Å². The zero-order valence-electron chi connectivity index (χ0n) is 19.5. The van der Waals surface area contributed by atoms with Gasteiger partial charge in [-0.15, -0.1) is 0 Å². The van der Waals surface area contributed by atoms with E-state index in [1.807, 2.05) is 35.2 Å². The number of hydrogen-bond donors (Lipinski definition) is 0. The van der Waals surface area contributed by atoms with Crippen LogP contribution in [0.15, 0.2) is 72.8 Å². The number of thiazole rings is 1. The van der Waals surface area contributed by atoms with E-state index in [1.54, 1.807) is 0 Å². The second-order valence-electron chi connectivity index (χ2n) is 9.67. The van der Waals surface area contributed by atoms with Gasteiger partial charge in [-0.3, -0.25) is 4.79 Å². The summed E-state index contributed by atoms with van der Waals surface area (Å²) in [6, 6.07) is 24.9. The van der Waals surface area contributed by atoms with Crippen molar-refractivity contribution in [1.82, 2.24) is 4.98 Å². The standard InChI is InChI=1S/C28H28N2O2S/c1-19-13-15-20(16-14-19)28(4)18-27(2,3)30(23-11-7-5-9-21(23)28)25(31)17-32-26-29-22-10-6-8-12-24(22)33-26/h5-16H,17-18H2,1-4H3. The summed E-state index contributed by atoms with van der Waals surface area (Å²) in [5, 5.41) is 0.525. The fourth-order valence-corrected chi connectivity index (χ4v) is 6.07. The average Bonchev–Trinajstić information content (AvgIpc) is 3.20. The van der Waals surface area contributed by atoms with E-state index in [1.165, 1.54) is 28.0 Å². The third kappa shape index (κ3) is 3.80. The number of carbonyl (C=O) groups excluding carboxylic acids is 1. The van der Waals surface area contributed by atoms with Gasteiger partial charge in [-0.25, -0.2) is 4.98 Å². The zero-order chi connectivity index (χ0) is 23.2. The molecule has 168 valence electrons. The van der Waals surface area contributed by atoms with Crippen molar-refractivity contribution in [1.29, 1.82) is 0 Å². The predicted octanol–water partition coefficient (Wildman–Crippen LogP) is 6.51. The highest BCUT2D eigenvalue weighted by molar-refractivity contribution is 7.20. The first-order chi connectivity index (χ1) is 15.8. The summed E-state index contributed by atoms with van der Waals surface area (Å²) in [5.74, 6) is -0.0577. The van der Waals surface area contributed by atoms with Gasteiger partial charge in [0.2, 0.25) is 0 Å². The quantitative estimate of drug-likeness (QED) is 0.352. The molecule has 5 rings (SSSR count). The summed E-state index contributed by atoms with van der Waals surface area (Å²) in [5.41, 5.74) is 4.94. The molecule has 1 unspecified atom stereocenters. The van der Waals surface area contributed by atoms with E-state index in [-0.39, 0.29) is 23.5 Å². The van der Waals surface area contributed by atoms with Gasteiger partial charge in [-0.05, 0) is 56.5 Å². The first-order valence-corrected chi connectivity index (χ1v) is 12.1. The number of aryl methyl sites for hydroxylation is 1. The number of nitrogens with zero attached hydrogens (tertiary/aromatic N) is 2. The SMILES string of the molecule is Cc1ccc(C2(C)CC(C)(C)N(C(=O)COc3nc4ccccc4s3)c3ccccc32)cc1. The molecule has 1 aliphatic heterocycles. The molecular weight excluding hydrogens is 428 g/mol. The number of hydrogen-bond acceptors (Lipinski definition) is 4. The molecule has 0 N–H and O–H groups in total. The van der Waals surface area contributed by atoms with Crippen molar-refractivity contribution in [3.05, 3.63) is 89.5 Å². The monoisotopic (exact) mass is 456 g/mol. The minimum atomic E-state index is -0.387. The Morgan fingerprint density at radius 3 is 2.45 bits per heavy atom. The highest BCUT2D eigenvalue weighted by atomic mass is 32.1. The van der Waals surface area contributed by atoms with Crippen molar-refractivity contribution in [3.63, 3.8) is 0 Å². The number of benzene rings is 3. The van der Waals surface area contributed by atoms with Crippen LogP contribution in [0.25, 0.3) is 10.2 Å². The molecule has 0 radical (unpaired) electrons. The number of carbonyl (C=O) groups is 1. The van der Waals surface area contributed by atoms with E-state index in [2.05, 4.69) is 75.1 Å². The number of para-hydroxylation sites is 2. The molecule has 4 aromatic rings. The Morgan fingerprint density at radius 1 is 1.00 bits per heavy atom. The lowest BCUT2D eigenvalue weighted by molar-refractivity contribution is -0.121. The Hall–Kier alpha value is -3.18. The molecule has 0 aliphatic carbocycles. The van der Waals surface area contributed by atoms with E-state index in [0.29, 0.717) is 5.19 Å². The predicted molar refractivity (Wildman–Crippen MR) is 135 cm³/mol. The van der Waals surface area contributed by atoms with E-state index in [4.69, 9.17) is 4.74 Å². The van der Waals surface area contributed by atoms with Gasteiger partial charge in [-0.2, -0.15) is 0 Å². The molecule has 0 bridgehead atoms. The smallest absolute Gasteiger partial charge is 0.274 e. The van der Waals surface area contributed by atoms with Crippen LogP contribution in [0.5, 0.6) is 5.19 Å². The molecule has 1 amide bonds. The molecular formula is C28H28N2O2S. The highest BCUT2D eigenvalue weighted by Crippen LogP contribution is 2.50. The average molecular weight is 457 g/mol. The van der Waals surface area contributed by atoms with E-state index in [0.717, 1.165) is 22.3 Å². The summed E-state index contributed by atoms with van der Waals surface area (Å²) >= 11 is 1.47. The summed E-state index contributed by atoms with van der Waals surface area (Å²) in [7, 11) is 0. The first-order valence-electron chi connectivity index (χ1n) is 11.3. The molecule has 1 aliphatic rings. The van der Waals surface area contributed by atoms with Crippen LogP contribution in [0.3, 0.4) is 0 Å². The fourth-order valence-electron chi connectivity index (χ4n) is 5.25. The molecule has 1 aromatic heterocycles. The number of ether oxygens (including phenoxy) is 1. The normalized spacial score (nSPS) is 19.3. The molecule has 0 fully saturated rings. The summed E-state index contributed by atoms with van der Waals surface area (Å²) < 4.78 is 6.93. The second-order valence-corrected chi connectivity index (χ2v) is 10.7. The summed E-state index contributed by atoms with van der Waals surface area (Å²) in [4.78, 5) is 20.0. The number of anilines is 1. The lowest BCUT2D eigenvalue weighted by atomic mass is 9.65. The molecule has 33 heavy (non-hydrogen) atoms. The lowest BCUT2D eigenvalue weighted by Crippen LogP contribution is -2.57. The van der Waals surface area contributed by atoms with Crippen LogP contribution in [0, 0.1) is 6.92 Å². The van der Waals surface area contributed by atoms with Crippen LogP contribution in [-0.4, -0.2) is 23.0 Å². The van der Waals surface area contributed by atoms with Crippen LogP contribution in [0.4, 0.5) is 5.69 Å². The third-order valence-electron chi connectivity index (χ3n) is 6.66. The van der Waals surface area contributed by atoms with Crippen molar-refractivity contribution < 1.29 is 9.53 Å². The van der Waals surface area contributed by atoms with Crippen molar-refractivity contribution in [2.24, 2.45) is 0 Å². The van der Waals surface area contributed by atoms with Crippen LogP contribution in [0.1, 0.15) is 43.9 Å². The van der Waals surface area contributed by atoms with Gasteiger partial charge in [0, 0.05) is 16.6 Å². The molecule has 1 atom stereocenters. The fraction of sp³-hybridized carbons (Fsp3) is 0.286. The molecule has 4 nitrogen and oxygen atoms in total. The maximum absolute atomic E-state index is 13.5. The topological polar surface area (TPSA) is 42.4 Å². The number of amides is 1. The first kappa shape index (κ1) is 21.7. The molecule has 0 saturated carbocycles. The third-order valence-corrected chi connectivity index (χ3v) is 7.61. The van der Waals surface area contributed by atoms with E-state index in [9.17, 15) is 4.79 Å². The largest absolute Gasteiger partial charge is 0.460 e. The number of fused-ring (bicyclic) bond motifs is 2. The van der Waals surface area contributed by atoms with E-state index >= 15 is 0 Å².